The van der Waals surface area contributed by atoms with Crippen LogP contribution in [-0.4, -0.2) is 12.5 Å². The molecular weight excluding hydrogens is 160 g/mol. The fourth-order valence-corrected chi connectivity index (χ4v) is 0.893. The van der Waals surface area contributed by atoms with Crippen LogP contribution in [0.1, 0.15) is 5.56 Å². The van der Waals surface area contributed by atoms with Gasteiger partial charge in [-0.2, -0.15) is 0 Å². The number of nitro benzene ring substituents is 1. The molecule has 0 unspecified atom stereocenters. The van der Waals surface area contributed by atoms with Gasteiger partial charge in [0.05, 0.1) is 4.92 Å². The summed E-state index contributed by atoms with van der Waals surface area (Å²) in [6.07, 6.45) is 0.317. The van der Waals surface area contributed by atoms with E-state index in [-0.39, 0.29) is 5.69 Å². The molecule has 12 heavy (non-hydrogen) atoms. The molecule has 0 radical (unpaired) electrons. The molecule has 0 aliphatic carbocycles. The number of hydrogen-bond acceptors (Lipinski definition) is 2. The van der Waals surface area contributed by atoms with Crippen LogP contribution >= 0.6 is 0 Å². The van der Waals surface area contributed by atoms with Gasteiger partial charge in [0.25, 0.3) is 5.69 Å². The predicted molar refractivity (Wildman–Crippen MR) is 45.1 cm³/mol. The molecule has 0 aliphatic heterocycles. The van der Waals surface area contributed by atoms with Crippen molar-refractivity contribution in [3.63, 3.8) is 0 Å². The van der Waals surface area contributed by atoms with Gasteiger partial charge in [-0.25, -0.2) is 0 Å². The van der Waals surface area contributed by atoms with E-state index in [1.54, 1.807) is 12.1 Å². The Morgan fingerprint density at radius 3 is 2.42 bits per heavy atom. The van der Waals surface area contributed by atoms with Crippen LogP contribution in [-0.2, 0) is 6.32 Å². The van der Waals surface area contributed by atoms with E-state index >= 15 is 0 Å². The van der Waals surface area contributed by atoms with Crippen molar-refractivity contribution in [1.29, 1.82) is 0 Å². The highest BCUT2D eigenvalue weighted by atomic mass is 19.1. The quantitative estimate of drug-likeness (QED) is 0.388. The molecule has 3 nitrogen and oxygen atoms in total. The third kappa shape index (κ3) is 2.05. The van der Waals surface area contributed by atoms with Crippen molar-refractivity contribution in [3.05, 3.63) is 39.9 Å². The second-order valence-corrected chi connectivity index (χ2v) is 2.36. The van der Waals surface area contributed by atoms with E-state index in [9.17, 15) is 14.4 Å². The minimum Gasteiger partial charge on any atom is -0.341 e. The molecule has 0 saturated heterocycles. The van der Waals surface area contributed by atoms with Crippen LogP contribution in [0, 0.1) is 10.1 Å². The second kappa shape index (κ2) is 3.85. The molecule has 62 valence electrons. The fourth-order valence-electron chi connectivity index (χ4n) is 0.893. The van der Waals surface area contributed by atoms with Gasteiger partial charge >= 0.3 is 7.56 Å². The lowest BCUT2D eigenvalue weighted by Gasteiger charge is -1.94. The molecule has 0 aliphatic rings. The Hall–Kier alpha value is -1.39. The minimum absolute atomic E-state index is 0.0395. The summed E-state index contributed by atoms with van der Waals surface area (Å²) in [6.45, 7) is 0. The largest absolute Gasteiger partial charge is 0.341 e. The fraction of sp³-hybridized carbons (Fsp3) is 0.143. The zero-order chi connectivity index (χ0) is 8.97. The Balaban J connectivity index is 2.78. The predicted octanol–water partition coefficient (Wildman–Crippen LogP) is 1.42. The van der Waals surface area contributed by atoms with Gasteiger partial charge in [0.15, 0.2) is 0 Å². The van der Waals surface area contributed by atoms with Crippen LogP contribution in [0.25, 0.3) is 0 Å². The monoisotopic (exact) mass is 167 g/mol. The highest BCUT2D eigenvalue weighted by Crippen LogP contribution is 2.11. The maximum Gasteiger partial charge on any atom is 0.335 e. The van der Waals surface area contributed by atoms with Crippen molar-refractivity contribution in [2.75, 3.05) is 0 Å². The zero-order valence-corrected chi connectivity index (χ0v) is 6.37. The van der Waals surface area contributed by atoms with Gasteiger partial charge in [0, 0.05) is 12.1 Å². The molecule has 5 heteroatoms. The molecule has 0 amide bonds. The first kappa shape index (κ1) is 8.71. The van der Waals surface area contributed by atoms with Crippen molar-refractivity contribution in [2.45, 2.75) is 6.32 Å². The average molecular weight is 167 g/mol. The summed E-state index contributed by atoms with van der Waals surface area (Å²) in [6, 6.07) is 5.89. The summed E-state index contributed by atoms with van der Waals surface area (Å²) in [5.74, 6) is 0. The smallest absolute Gasteiger partial charge is 0.335 e. The van der Waals surface area contributed by atoms with Crippen LogP contribution in [0.5, 0.6) is 0 Å². The number of nitro groups is 1. The van der Waals surface area contributed by atoms with E-state index in [4.69, 9.17) is 0 Å². The first-order chi connectivity index (χ1) is 5.74. The first-order valence-electron chi connectivity index (χ1n) is 3.53. The maximum absolute atomic E-state index is 11.8. The summed E-state index contributed by atoms with van der Waals surface area (Å²) in [7, 11) is -0.433. The number of non-ortho nitro benzene ring substituents is 1. The lowest BCUT2D eigenvalue weighted by Crippen LogP contribution is -1.91. The van der Waals surface area contributed by atoms with Crippen LogP contribution in [0.15, 0.2) is 24.3 Å². The SMILES string of the molecule is O=[N+]([O-])c1ccc(CBF)cc1. The van der Waals surface area contributed by atoms with E-state index in [2.05, 4.69) is 0 Å². The lowest BCUT2D eigenvalue weighted by atomic mass is 9.93. The van der Waals surface area contributed by atoms with Crippen LogP contribution in [0.2, 0.25) is 0 Å². The number of hydrogen-bond donors (Lipinski definition) is 0. The highest BCUT2D eigenvalue weighted by Gasteiger charge is 2.03. The number of rotatable bonds is 3. The van der Waals surface area contributed by atoms with Gasteiger partial charge in [0.1, 0.15) is 0 Å². The Morgan fingerprint density at radius 1 is 1.42 bits per heavy atom. The van der Waals surface area contributed by atoms with Crippen LogP contribution < -0.4 is 0 Å². The van der Waals surface area contributed by atoms with Gasteiger partial charge in [-0.3, -0.25) is 10.1 Å². The Bertz CT molecular complexity index is 275. The normalized spacial score (nSPS) is 9.42. The van der Waals surface area contributed by atoms with Crippen molar-refractivity contribution in [2.24, 2.45) is 0 Å². The standard InChI is InChI=1S/C7H7BFNO2/c9-8-5-6-1-3-7(4-2-6)10(11)12/h1-4,8H,5H2. The number of benzene rings is 1. The molecule has 1 aromatic carbocycles. The molecule has 1 rings (SSSR count). The average Bonchev–Trinajstić information content (AvgIpc) is 2.06. The van der Waals surface area contributed by atoms with Gasteiger partial charge in [-0.1, -0.05) is 17.7 Å². The molecule has 0 atom stereocenters. The minimum atomic E-state index is -0.473. The van der Waals surface area contributed by atoms with Crippen molar-refractivity contribution in [3.8, 4) is 0 Å². The second-order valence-electron chi connectivity index (χ2n) is 2.36. The molecule has 0 fully saturated rings. The summed E-state index contributed by atoms with van der Waals surface area (Å²) >= 11 is 0. The molecule has 0 heterocycles. The number of nitrogens with zero attached hydrogens (tertiary/aromatic N) is 1. The molecule has 0 bridgehead atoms. The number of halogens is 1. The Kier molecular flexibility index (Phi) is 2.79. The Labute approximate surface area is 69.7 Å². The lowest BCUT2D eigenvalue weighted by molar-refractivity contribution is -0.384. The summed E-state index contributed by atoms with van der Waals surface area (Å²) in [5, 5.41) is 10.2. The van der Waals surface area contributed by atoms with Gasteiger partial charge in [-0.15, -0.1) is 0 Å². The van der Waals surface area contributed by atoms with E-state index in [1.165, 1.54) is 12.1 Å². The molecule has 0 saturated carbocycles. The van der Waals surface area contributed by atoms with Crippen molar-refractivity contribution in [1.82, 2.24) is 0 Å². The van der Waals surface area contributed by atoms with Gasteiger partial charge in [-0.05, 0) is 6.32 Å². The summed E-state index contributed by atoms with van der Waals surface area (Å²) in [4.78, 5) is 9.73. The van der Waals surface area contributed by atoms with Crippen molar-refractivity contribution < 1.29 is 9.24 Å². The van der Waals surface area contributed by atoms with E-state index in [1.807, 2.05) is 0 Å². The third-order valence-electron chi connectivity index (χ3n) is 1.53. The molecule has 1 aromatic rings. The van der Waals surface area contributed by atoms with Gasteiger partial charge in [0.2, 0.25) is 0 Å². The zero-order valence-electron chi connectivity index (χ0n) is 6.37. The van der Waals surface area contributed by atoms with E-state index in [0.717, 1.165) is 5.56 Å². The first-order valence-corrected chi connectivity index (χ1v) is 3.53. The topological polar surface area (TPSA) is 43.1 Å². The van der Waals surface area contributed by atoms with Gasteiger partial charge < -0.3 is 4.32 Å². The molecule has 0 aromatic heterocycles. The third-order valence-corrected chi connectivity index (χ3v) is 1.53. The van der Waals surface area contributed by atoms with Crippen molar-refractivity contribution >= 4 is 13.2 Å². The highest BCUT2D eigenvalue weighted by molar-refractivity contribution is 6.25. The summed E-state index contributed by atoms with van der Waals surface area (Å²) < 4.78 is 11.8. The van der Waals surface area contributed by atoms with Crippen LogP contribution in [0.4, 0.5) is 10.0 Å². The summed E-state index contributed by atoms with van der Waals surface area (Å²) in [5.41, 5.74) is 0.820. The van der Waals surface area contributed by atoms with E-state index < -0.39 is 12.5 Å². The maximum atomic E-state index is 11.8. The Morgan fingerprint density at radius 2 is 2.00 bits per heavy atom. The molecular formula is C7H7BFNO2. The molecule has 0 spiro atoms. The molecule has 0 N–H and O–H groups in total. The van der Waals surface area contributed by atoms with Crippen LogP contribution in [0.3, 0.4) is 0 Å². The van der Waals surface area contributed by atoms with E-state index in [0.29, 0.717) is 6.32 Å².